The molecule has 3 aliphatic heterocycles. The van der Waals surface area contributed by atoms with E-state index in [2.05, 4.69) is 43.9 Å². The number of halogens is 2. The minimum atomic E-state index is -3.30. The van der Waals surface area contributed by atoms with Crippen molar-refractivity contribution >= 4 is 9.84 Å². The first-order valence-electron chi connectivity index (χ1n) is 14.3. The van der Waals surface area contributed by atoms with Gasteiger partial charge in [-0.05, 0) is 93.8 Å². The molecule has 39 heavy (non-hydrogen) atoms. The molecule has 2 aromatic carbocycles. The van der Waals surface area contributed by atoms with Gasteiger partial charge in [-0.15, -0.1) is 0 Å². The number of rotatable bonds is 7. The minimum Gasteiger partial charge on any atom is -0.487 e. The lowest BCUT2D eigenvalue weighted by atomic mass is 9.81. The van der Waals surface area contributed by atoms with Crippen LogP contribution in [0.15, 0.2) is 42.5 Å². The van der Waals surface area contributed by atoms with Gasteiger partial charge in [0.15, 0.2) is 9.84 Å². The van der Waals surface area contributed by atoms with Crippen LogP contribution in [0.3, 0.4) is 0 Å². The molecule has 0 bridgehead atoms. The molecule has 0 amide bonds. The van der Waals surface area contributed by atoms with Crippen molar-refractivity contribution in [1.29, 1.82) is 0 Å². The summed E-state index contributed by atoms with van der Waals surface area (Å²) in [6, 6.07) is 14.1. The third-order valence-electron chi connectivity index (χ3n) is 8.71. The van der Waals surface area contributed by atoms with Gasteiger partial charge in [0.1, 0.15) is 11.4 Å². The first-order valence-corrected chi connectivity index (χ1v) is 16.1. The first kappa shape index (κ1) is 28.5. The number of likely N-dealkylation sites (tertiary alicyclic amines) is 2. The van der Waals surface area contributed by atoms with Crippen molar-refractivity contribution in [2.75, 3.05) is 38.5 Å². The second kappa shape index (κ2) is 10.7. The Kier molecular flexibility index (Phi) is 7.85. The van der Waals surface area contributed by atoms with Gasteiger partial charge < -0.3 is 4.74 Å². The molecular weight excluding hydrogens is 518 g/mol. The Balaban J connectivity index is 1.15. The molecule has 8 heteroatoms. The summed E-state index contributed by atoms with van der Waals surface area (Å²) < 4.78 is 58.6. The van der Waals surface area contributed by atoms with Crippen LogP contribution in [0.5, 0.6) is 5.75 Å². The van der Waals surface area contributed by atoms with E-state index in [1.165, 1.54) is 5.56 Å². The smallest absolute Gasteiger partial charge is 0.261 e. The maximum atomic E-state index is 13.3. The van der Waals surface area contributed by atoms with E-state index in [0.717, 1.165) is 61.2 Å². The quantitative estimate of drug-likeness (QED) is 0.419. The zero-order valence-corrected chi connectivity index (χ0v) is 24.3. The van der Waals surface area contributed by atoms with Crippen LogP contribution in [0.4, 0.5) is 8.78 Å². The summed E-state index contributed by atoms with van der Waals surface area (Å²) in [5.74, 6) is -1.67. The predicted molar refractivity (Wildman–Crippen MR) is 152 cm³/mol. The highest BCUT2D eigenvalue weighted by molar-refractivity contribution is 7.90. The molecule has 3 aliphatic rings. The monoisotopic (exact) mass is 560 g/mol. The highest BCUT2D eigenvalue weighted by Gasteiger charge is 2.41. The lowest BCUT2D eigenvalue weighted by molar-refractivity contribution is -0.0355. The lowest BCUT2D eigenvalue weighted by Crippen LogP contribution is -2.54. The van der Waals surface area contributed by atoms with Crippen molar-refractivity contribution in [1.82, 2.24) is 9.80 Å². The van der Waals surface area contributed by atoms with Crippen LogP contribution in [-0.2, 0) is 22.0 Å². The number of hydrogen-bond acceptors (Lipinski definition) is 5. The van der Waals surface area contributed by atoms with Crippen LogP contribution < -0.4 is 4.74 Å². The summed E-state index contributed by atoms with van der Waals surface area (Å²) in [4.78, 5) is 4.21. The molecule has 0 radical (unpaired) electrons. The van der Waals surface area contributed by atoms with Crippen LogP contribution in [-0.4, -0.2) is 73.8 Å². The normalized spacial score (nSPS) is 21.6. The number of alkyl halides is 2. The Bertz CT molecular complexity index is 1260. The maximum absolute atomic E-state index is 13.3. The second-order valence-electron chi connectivity index (χ2n) is 12.8. The Morgan fingerprint density at radius 2 is 1.62 bits per heavy atom. The number of aryl methyl sites for hydroxylation is 1. The van der Waals surface area contributed by atoms with Crippen molar-refractivity contribution in [2.24, 2.45) is 0 Å². The van der Waals surface area contributed by atoms with E-state index in [0.29, 0.717) is 19.5 Å². The molecule has 0 saturated carbocycles. The van der Waals surface area contributed by atoms with Gasteiger partial charge in [0, 0.05) is 31.6 Å². The van der Waals surface area contributed by atoms with E-state index in [1.807, 2.05) is 24.3 Å². The third-order valence-corrected chi connectivity index (χ3v) is 10.4. The fourth-order valence-corrected chi connectivity index (χ4v) is 7.68. The standard InChI is InChI=1S/C31H42F2N2O3S/c1-29(2,3)35-18-13-30(14-19-35)12-11-27-21-26(9-10-28(27)38-30)25-7-5-24(6-8-25)22-39(36,37)20-4-16-34-17-15-31(32,33)23-34/h5-10,21H,4,11-20,22-23H2,1-3H3. The maximum Gasteiger partial charge on any atom is 0.261 e. The molecule has 5 rings (SSSR count). The molecular formula is C31H42F2N2O3S. The predicted octanol–water partition coefficient (Wildman–Crippen LogP) is 5.96. The highest BCUT2D eigenvalue weighted by atomic mass is 32.2. The Labute approximate surface area is 232 Å². The number of nitrogens with zero attached hydrogens (tertiary/aromatic N) is 2. The van der Waals surface area contributed by atoms with E-state index in [9.17, 15) is 17.2 Å². The van der Waals surface area contributed by atoms with E-state index in [1.54, 1.807) is 4.90 Å². The average molecular weight is 561 g/mol. The number of piperidine rings is 1. The van der Waals surface area contributed by atoms with Gasteiger partial charge in [0.2, 0.25) is 0 Å². The minimum absolute atomic E-state index is 0.0113. The van der Waals surface area contributed by atoms with Gasteiger partial charge in [-0.2, -0.15) is 0 Å². The molecule has 5 nitrogen and oxygen atoms in total. The van der Waals surface area contributed by atoms with Crippen molar-refractivity contribution in [2.45, 2.75) is 82.1 Å². The van der Waals surface area contributed by atoms with Crippen LogP contribution in [0.1, 0.15) is 64.0 Å². The summed E-state index contributed by atoms with van der Waals surface area (Å²) in [6.45, 7) is 9.43. The van der Waals surface area contributed by atoms with E-state index in [4.69, 9.17) is 4.74 Å². The van der Waals surface area contributed by atoms with Crippen molar-refractivity contribution in [3.8, 4) is 16.9 Å². The van der Waals surface area contributed by atoms with Crippen molar-refractivity contribution < 1.29 is 21.9 Å². The summed E-state index contributed by atoms with van der Waals surface area (Å²) in [6.07, 6.45) is 4.40. The van der Waals surface area contributed by atoms with E-state index in [-0.39, 0.29) is 35.6 Å². The van der Waals surface area contributed by atoms with Crippen LogP contribution in [0.2, 0.25) is 0 Å². The van der Waals surface area contributed by atoms with Crippen molar-refractivity contribution in [3.05, 3.63) is 53.6 Å². The first-order chi connectivity index (χ1) is 18.3. The molecule has 0 N–H and O–H groups in total. The summed E-state index contributed by atoms with van der Waals surface area (Å²) in [5.41, 5.74) is 4.28. The fourth-order valence-electron chi connectivity index (χ4n) is 6.26. The summed E-state index contributed by atoms with van der Waals surface area (Å²) in [5, 5.41) is 0. The molecule has 1 spiro atoms. The van der Waals surface area contributed by atoms with Crippen LogP contribution in [0, 0.1) is 0 Å². The molecule has 0 atom stereocenters. The molecule has 3 heterocycles. The number of ether oxygens (including phenoxy) is 1. The molecule has 2 fully saturated rings. The Hall–Kier alpha value is -2.03. The summed E-state index contributed by atoms with van der Waals surface area (Å²) in [7, 11) is -3.30. The topological polar surface area (TPSA) is 49.9 Å². The van der Waals surface area contributed by atoms with Gasteiger partial charge in [-0.1, -0.05) is 30.3 Å². The number of benzene rings is 2. The molecule has 0 aliphatic carbocycles. The fraction of sp³-hybridized carbons (Fsp3) is 0.613. The Morgan fingerprint density at radius 1 is 0.923 bits per heavy atom. The van der Waals surface area contributed by atoms with E-state index >= 15 is 0 Å². The SMILES string of the molecule is CC(C)(C)N1CCC2(CCc3cc(-c4ccc(CS(=O)(=O)CCCN5CCC(F)(F)C5)cc4)ccc3O2)CC1. The van der Waals surface area contributed by atoms with Gasteiger partial charge >= 0.3 is 0 Å². The zero-order chi connectivity index (χ0) is 27.9. The highest BCUT2D eigenvalue weighted by Crippen LogP contribution is 2.41. The number of sulfone groups is 1. The zero-order valence-electron chi connectivity index (χ0n) is 23.5. The van der Waals surface area contributed by atoms with E-state index < -0.39 is 15.8 Å². The molecule has 2 aromatic rings. The molecule has 214 valence electrons. The lowest BCUT2D eigenvalue weighted by Gasteiger charge is -2.48. The van der Waals surface area contributed by atoms with Gasteiger partial charge in [0.05, 0.1) is 18.1 Å². The third kappa shape index (κ3) is 7.01. The van der Waals surface area contributed by atoms with Gasteiger partial charge in [0.25, 0.3) is 5.92 Å². The van der Waals surface area contributed by atoms with Crippen molar-refractivity contribution in [3.63, 3.8) is 0 Å². The number of fused-ring (bicyclic) bond motifs is 1. The summed E-state index contributed by atoms with van der Waals surface area (Å²) >= 11 is 0. The second-order valence-corrected chi connectivity index (χ2v) is 15.0. The van der Waals surface area contributed by atoms with Crippen LogP contribution in [0.25, 0.3) is 11.1 Å². The van der Waals surface area contributed by atoms with Gasteiger partial charge in [-0.25, -0.2) is 17.2 Å². The largest absolute Gasteiger partial charge is 0.487 e. The molecule has 2 saturated heterocycles. The molecule has 0 unspecified atom stereocenters. The number of hydrogen-bond donors (Lipinski definition) is 0. The molecule has 0 aromatic heterocycles. The van der Waals surface area contributed by atoms with Crippen LogP contribution >= 0.6 is 0 Å². The van der Waals surface area contributed by atoms with Gasteiger partial charge in [-0.3, -0.25) is 9.80 Å². The Morgan fingerprint density at radius 3 is 2.26 bits per heavy atom. The average Bonchev–Trinajstić information content (AvgIpc) is 3.22.